The van der Waals surface area contributed by atoms with Gasteiger partial charge in [-0.25, -0.2) is 0 Å². The van der Waals surface area contributed by atoms with Crippen LogP contribution in [-0.4, -0.2) is 24.2 Å². The van der Waals surface area contributed by atoms with E-state index in [-0.39, 0.29) is 18.1 Å². The van der Waals surface area contributed by atoms with Crippen molar-refractivity contribution in [3.8, 4) is 0 Å². The van der Waals surface area contributed by atoms with Crippen molar-refractivity contribution in [3.63, 3.8) is 0 Å². The molecule has 2 fully saturated rings. The summed E-state index contributed by atoms with van der Waals surface area (Å²) in [5.74, 6) is 1.05. The molecular formula is C18H25NO2. The number of ether oxygens (including phenoxy) is 1. The van der Waals surface area contributed by atoms with E-state index in [2.05, 4.69) is 19.2 Å². The van der Waals surface area contributed by atoms with Crippen molar-refractivity contribution in [2.75, 3.05) is 0 Å². The molecule has 1 aliphatic heterocycles. The lowest BCUT2D eigenvalue weighted by Gasteiger charge is -2.41. The SMILES string of the molecule is CC(C)[C@H]1C[C@@H](NC(=O)c2ccccc2)[C@@H]2CCC[C@H]2O1. The van der Waals surface area contributed by atoms with Crippen LogP contribution in [0.1, 0.15) is 49.9 Å². The molecule has 3 nitrogen and oxygen atoms in total. The van der Waals surface area contributed by atoms with E-state index in [1.54, 1.807) is 0 Å². The van der Waals surface area contributed by atoms with Crippen molar-refractivity contribution in [3.05, 3.63) is 35.9 Å². The van der Waals surface area contributed by atoms with Crippen LogP contribution in [0.3, 0.4) is 0 Å². The predicted molar refractivity (Wildman–Crippen MR) is 83.2 cm³/mol. The van der Waals surface area contributed by atoms with Crippen molar-refractivity contribution in [1.29, 1.82) is 0 Å². The molecule has 1 saturated heterocycles. The van der Waals surface area contributed by atoms with E-state index in [4.69, 9.17) is 4.74 Å². The molecule has 114 valence electrons. The van der Waals surface area contributed by atoms with Gasteiger partial charge in [-0.15, -0.1) is 0 Å². The first-order chi connectivity index (χ1) is 10.1. The average Bonchev–Trinajstić information content (AvgIpc) is 2.96. The zero-order chi connectivity index (χ0) is 14.8. The van der Waals surface area contributed by atoms with Gasteiger partial charge >= 0.3 is 0 Å². The molecule has 1 heterocycles. The summed E-state index contributed by atoms with van der Waals surface area (Å²) in [7, 11) is 0. The topological polar surface area (TPSA) is 38.3 Å². The third-order valence-corrected chi connectivity index (χ3v) is 4.95. The Kier molecular flexibility index (Phi) is 4.29. The summed E-state index contributed by atoms with van der Waals surface area (Å²) in [5, 5.41) is 3.27. The van der Waals surface area contributed by atoms with E-state index in [0.717, 1.165) is 18.4 Å². The van der Waals surface area contributed by atoms with Crippen molar-refractivity contribution in [2.45, 2.75) is 57.8 Å². The molecule has 1 aliphatic carbocycles. The fraction of sp³-hybridized carbons (Fsp3) is 0.611. The molecule has 21 heavy (non-hydrogen) atoms. The maximum absolute atomic E-state index is 12.4. The van der Waals surface area contributed by atoms with E-state index in [1.807, 2.05) is 30.3 Å². The lowest BCUT2D eigenvalue weighted by molar-refractivity contribution is -0.100. The average molecular weight is 287 g/mol. The van der Waals surface area contributed by atoms with E-state index >= 15 is 0 Å². The summed E-state index contributed by atoms with van der Waals surface area (Å²) in [6.07, 6.45) is 5.09. The second-order valence-electron chi connectivity index (χ2n) is 6.73. The predicted octanol–water partition coefficient (Wildman–Crippen LogP) is 3.40. The van der Waals surface area contributed by atoms with Crippen LogP contribution < -0.4 is 5.32 Å². The van der Waals surface area contributed by atoms with Gasteiger partial charge in [0.25, 0.3) is 5.91 Å². The second kappa shape index (κ2) is 6.18. The molecule has 0 spiro atoms. The van der Waals surface area contributed by atoms with E-state index < -0.39 is 0 Å². The Hall–Kier alpha value is -1.35. The minimum absolute atomic E-state index is 0.0515. The van der Waals surface area contributed by atoms with Crippen molar-refractivity contribution in [1.82, 2.24) is 5.32 Å². The van der Waals surface area contributed by atoms with Gasteiger partial charge in [-0.3, -0.25) is 4.79 Å². The first-order valence-corrected chi connectivity index (χ1v) is 8.16. The second-order valence-corrected chi connectivity index (χ2v) is 6.73. The standard InChI is InChI=1S/C18H25NO2/c1-12(2)17-11-15(14-9-6-10-16(14)21-17)19-18(20)13-7-4-3-5-8-13/h3-5,7-8,12,14-17H,6,9-11H2,1-2H3,(H,19,20)/t14-,15+,16+,17+/m0/s1. The summed E-state index contributed by atoms with van der Waals surface area (Å²) < 4.78 is 6.24. The first kappa shape index (κ1) is 14.6. The Balaban J connectivity index is 1.71. The highest BCUT2D eigenvalue weighted by Crippen LogP contribution is 2.39. The number of carbonyl (C=O) groups is 1. The van der Waals surface area contributed by atoms with Crippen molar-refractivity contribution >= 4 is 5.91 Å². The molecule has 3 heteroatoms. The molecule has 1 N–H and O–H groups in total. The summed E-state index contributed by atoms with van der Waals surface area (Å²) in [6, 6.07) is 9.77. The monoisotopic (exact) mass is 287 g/mol. The number of hydrogen-bond acceptors (Lipinski definition) is 2. The highest BCUT2D eigenvalue weighted by Gasteiger charge is 2.42. The number of fused-ring (bicyclic) bond motifs is 1. The Morgan fingerprint density at radius 1 is 1.24 bits per heavy atom. The first-order valence-electron chi connectivity index (χ1n) is 8.16. The summed E-state index contributed by atoms with van der Waals surface area (Å²) in [4.78, 5) is 12.4. The van der Waals surface area contributed by atoms with Crippen LogP contribution in [0.25, 0.3) is 0 Å². The van der Waals surface area contributed by atoms with Crippen LogP contribution in [0.4, 0.5) is 0 Å². The maximum Gasteiger partial charge on any atom is 0.251 e. The molecule has 0 aromatic heterocycles. The zero-order valence-electron chi connectivity index (χ0n) is 12.9. The van der Waals surface area contributed by atoms with Crippen LogP contribution in [0, 0.1) is 11.8 Å². The van der Waals surface area contributed by atoms with Crippen LogP contribution in [-0.2, 0) is 4.74 Å². The molecule has 0 radical (unpaired) electrons. The molecule has 1 aromatic carbocycles. The van der Waals surface area contributed by atoms with Gasteiger partial charge in [-0.05, 0) is 37.3 Å². The normalized spacial score (nSPS) is 32.0. The van der Waals surface area contributed by atoms with Gasteiger partial charge in [-0.2, -0.15) is 0 Å². The molecule has 1 aromatic rings. The number of nitrogens with one attached hydrogen (secondary N) is 1. The van der Waals surface area contributed by atoms with E-state index in [0.29, 0.717) is 17.9 Å². The Bertz CT molecular complexity index is 485. The Morgan fingerprint density at radius 2 is 2.00 bits per heavy atom. The van der Waals surface area contributed by atoms with Crippen LogP contribution in [0.15, 0.2) is 30.3 Å². The molecule has 2 aliphatic rings. The van der Waals surface area contributed by atoms with Gasteiger partial charge in [0.1, 0.15) is 0 Å². The fourth-order valence-electron chi connectivity index (χ4n) is 3.73. The van der Waals surface area contributed by atoms with E-state index in [1.165, 1.54) is 12.8 Å². The molecule has 1 saturated carbocycles. The molecule has 0 bridgehead atoms. The van der Waals surface area contributed by atoms with Gasteiger partial charge in [0.05, 0.1) is 12.2 Å². The number of rotatable bonds is 3. The number of amides is 1. The van der Waals surface area contributed by atoms with Crippen LogP contribution in [0.2, 0.25) is 0 Å². The highest BCUT2D eigenvalue weighted by atomic mass is 16.5. The van der Waals surface area contributed by atoms with Crippen LogP contribution in [0.5, 0.6) is 0 Å². The molecule has 4 atom stereocenters. The maximum atomic E-state index is 12.4. The summed E-state index contributed by atoms with van der Waals surface area (Å²) in [6.45, 7) is 4.41. The van der Waals surface area contributed by atoms with Crippen molar-refractivity contribution in [2.24, 2.45) is 11.8 Å². The van der Waals surface area contributed by atoms with Gasteiger partial charge in [0.2, 0.25) is 0 Å². The minimum Gasteiger partial charge on any atom is -0.374 e. The van der Waals surface area contributed by atoms with Gasteiger partial charge < -0.3 is 10.1 Å². The lowest BCUT2D eigenvalue weighted by atomic mass is 9.85. The Morgan fingerprint density at radius 3 is 2.71 bits per heavy atom. The number of benzene rings is 1. The third kappa shape index (κ3) is 3.13. The minimum atomic E-state index is 0.0515. The molecular weight excluding hydrogens is 262 g/mol. The van der Waals surface area contributed by atoms with Crippen molar-refractivity contribution < 1.29 is 9.53 Å². The molecule has 3 rings (SSSR count). The lowest BCUT2D eigenvalue weighted by Crippen LogP contribution is -2.51. The summed E-state index contributed by atoms with van der Waals surface area (Å²) >= 11 is 0. The molecule has 0 unspecified atom stereocenters. The van der Waals surface area contributed by atoms with Gasteiger partial charge in [0.15, 0.2) is 0 Å². The zero-order valence-corrected chi connectivity index (χ0v) is 12.9. The highest BCUT2D eigenvalue weighted by molar-refractivity contribution is 5.94. The van der Waals surface area contributed by atoms with Crippen LogP contribution >= 0.6 is 0 Å². The van der Waals surface area contributed by atoms with E-state index in [9.17, 15) is 4.79 Å². The number of hydrogen-bond donors (Lipinski definition) is 1. The largest absolute Gasteiger partial charge is 0.374 e. The summed E-state index contributed by atoms with van der Waals surface area (Å²) in [5.41, 5.74) is 0.750. The molecule has 1 amide bonds. The smallest absolute Gasteiger partial charge is 0.251 e. The fourth-order valence-corrected chi connectivity index (χ4v) is 3.73. The Labute approximate surface area is 127 Å². The number of carbonyl (C=O) groups excluding carboxylic acids is 1. The van der Waals surface area contributed by atoms with Gasteiger partial charge in [-0.1, -0.05) is 38.5 Å². The third-order valence-electron chi connectivity index (χ3n) is 4.95. The van der Waals surface area contributed by atoms with Gasteiger partial charge in [0, 0.05) is 17.5 Å². The quantitative estimate of drug-likeness (QED) is 0.925.